The lowest BCUT2D eigenvalue weighted by Crippen LogP contribution is -2.34. The molecular formula is C26H25FN4. The van der Waals surface area contributed by atoms with E-state index in [0.717, 1.165) is 54.4 Å². The van der Waals surface area contributed by atoms with Gasteiger partial charge in [0.2, 0.25) is 0 Å². The van der Waals surface area contributed by atoms with Crippen molar-refractivity contribution in [3.05, 3.63) is 96.3 Å². The highest BCUT2D eigenvalue weighted by Crippen LogP contribution is 2.28. The van der Waals surface area contributed by atoms with Crippen molar-refractivity contribution in [2.75, 3.05) is 13.1 Å². The first kappa shape index (κ1) is 19.6. The quantitative estimate of drug-likeness (QED) is 0.460. The van der Waals surface area contributed by atoms with E-state index in [1.54, 1.807) is 6.07 Å². The van der Waals surface area contributed by atoms with Crippen LogP contribution >= 0.6 is 0 Å². The Bertz CT molecular complexity index is 1140. The molecule has 0 bridgehead atoms. The molecule has 0 amide bonds. The molecule has 5 heteroatoms. The Kier molecular flexibility index (Phi) is 5.59. The summed E-state index contributed by atoms with van der Waals surface area (Å²) in [6.45, 7) is 3.12. The number of rotatable bonds is 5. The van der Waals surface area contributed by atoms with Crippen LogP contribution in [0.1, 0.15) is 30.1 Å². The summed E-state index contributed by atoms with van der Waals surface area (Å²) in [5.41, 5.74) is 4.83. The highest BCUT2D eigenvalue weighted by Gasteiger charge is 2.23. The molecule has 31 heavy (non-hydrogen) atoms. The van der Waals surface area contributed by atoms with E-state index in [1.807, 2.05) is 30.6 Å². The van der Waals surface area contributed by atoms with E-state index in [4.69, 9.17) is 4.98 Å². The Morgan fingerprint density at radius 3 is 2.65 bits per heavy atom. The van der Waals surface area contributed by atoms with Gasteiger partial charge in [-0.15, -0.1) is 0 Å². The van der Waals surface area contributed by atoms with Gasteiger partial charge in [-0.25, -0.2) is 9.37 Å². The van der Waals surface area contributed by atoms with Crippen molar-refractivity contribution in [2.24, 2.45) is 0 Å². The van der Waals surface area contributed by atoms with Crippen LogP contribution in [-0.4, -0.2) is 32.9 Å². The van der Waals surface area contributed by atoms with Gasteiger partial charge in [-0.1, -0.05) is 42.5 Å². The average Bonchev–Trinajstić information content (AvgIpc) is 3.31. The number of benzene rings is 2. The summed E-state index contributed by atoms with van der Waals surface area (Å²) in [6, 6.07) is 21.1. The molecule has 3 heterocycles. The molecule has 0 aliphatic carbocycles. The molecule has 156 valence electrons. The largest absolute Gasteiger partial charge is 0.342 e. The number of imidazole rings is 1. The number of halogens is 1. The second-order valence-electron chi connectivity index (χ2n) is 8.18. The molecule has 0 radical (unpaired) electrons. The Hall–Kier alpha value is -3.31. The maximum Gasteiger partial charge on any atom is 0.123 e. The highest BCUT2D eigenvalue weighted by molar-refractivity contribution is 5.64. The van der Waals surface area contributed by atoms with Gasteiger partial charge in [0.25, 0.3) is 0 Å². The number of likely N-dealkylation sites (tertiary alicyclic amines) is 1. The predicted molar refractivity (Wildman–Crippen MR) is 121 cm³/mol. The molecule has 0 unspecified atom stereocenters. The molecule has 1 N–H and O–H groups in total. The van der Waals surface area contributed by atoms with E-state index in [2.05, 4.69) is 45.2 Å². The third kappa shape index (κ3) is 4.57. The summed E-state index contributed by atoms with van der Waals surface area (Å²) in [5, 5.41) is 0. The number of aromatic amines is 1. The van der Waals surface area contributed by atoms with E-state index < -0.39 is 0 Å². The van der Waals surface area contributed by atoms with Crippen LogP contribution in [0.25, 0.3) is 22.5 Å². The minimum atomic E-state index is -0.254. The molecule has 2 aromatic carbocycles. The highest BCUT2D eigenvalue weighted by atomic mass is 19.1. The van der Waals surface area contributed by atoms with E-state index in [-0.39, 0.29) is 5.82 Å². The molecule has 4 aromatic rings. The molecule has 1 aliphatic rings. The zero-order valence-corrected chi connectivity index (χ0v) is 17.3. The van der Waals surface area contributed by atoms with Gasteiger partial charge in [-0.05, 0) is 49.2 Å². The predicted octanol–water partition coefficient (Wildman–Crippen LogP) is 5.66. The van der Waals surface area contributed by atoms with Crippen LogP contribution in [0.15, 0.2) is 79.1 Å². The average molecular weight is 413 g/mol. The van der Waals surface area contributed by atoms with Gasteiger partial charge in [0.05, 0.1) is 17.6 Å². The number of H-pyrrole nitrogens is 1. The molecule has 5 rings (SSSR count). The Balaban J connectivity index is 1.28. The van der Waals surface area contributed by atoms with E-state index >= 15 is 0 Å². The van der Waals surface area contributed by atoms with Crippen LogP contribution in [0, 0.1) is 5.82 Å². The molecule has 4 nitrogen and oxygen atoms in total. The van der Waals surface area contributed by atoms with Crippen LogP contribution in [0.5, 0.6) is 0 Å². The lowest BCUT2D eigenvalue weighted by atomic mass is 9.97. The van der Waals surface area contributed by atoms with Gasteiger partial charge in [0.1, 0.15) is 11.6 Å². The van der Waals surface area contributed by atoms with Crippen molar-refractivity contribution in [3.63, 3.8) is 0 Å². The van der Waals surface area contributed by atoms with E-state index in [1.165, 1.54) is 24.1 Å². The second-order valence-corrected chi connectivity index (χ2v) is 8.18. The van der Waals surface area contributed by atoms with Gasteiger partial charge in [-0.2, -0.15) is 0 Å². The van der Waals surface area contributed by atoms with Crippen molar-refractivity contribution in [2.45, 2.75) is 25.3 Å². The topological polar surface area (TPSA) is 44.8 Å². The summed E-state index contributed by atoms with van der Waals surface area (Å²) in [5.74, 6) is 1.20. The van der Waals surface area contributed by atoms with Crippen LogP contribution in [0.2, 0.25) is 0 Å². The van der Waals surface area contributed by atoms with Crippen LogP contribution in [0.3, 0.4) is 0 Å². The van der Waals surface area contributed by atoms with Gasteiger partial charge in [-0.3, -0.25) is 9.88 Å². The van der Waals surface area contributed by atoms with Crippen LogP contribution < -0.4 is 0 Å². The van der Waals surface area contributed by atoms with Crippen molar-refractivity contribution < 1.29 is 4.39 Å². The first-order valence-electron chi connectivity index (χ1n) is 10.8. The third-order valence-corrected chi connectivity index (χ3v) is 5.93. The molecule has 1 saturated heterocycles. The molecule has 0 saturated carbocycles. The monoisotopic (exact) mass is 412 g/mol. The van der Waals surface area contributed by atoms with E-state index in [0.29, 0.717) is 5.92 Å². The summed E-state index contributed by atoms with van der Waals surface area (Å²) in [6.07, 6.45) is 6.04. The molecule has 1 atom stereocenters. The normalized spacial score (nSPS) is 17.0. The second kappa shape index (κ2) is 8.82. The molecule has 1 aliphatic heterocycles. The summed E-state index contributed by atoms with van der Waals surface area (Å²) < 4.78 is 13.5. The maximum absolute atomic E-state index is 13.5. The molecule has 2 aromatic heterocycles. The van der Waals surface area contributed by atoms with Crippen molar-refractivity contribution in [1.82, 2.24) is 19.9 Å². The number of nitrogens with zero attached hydrogens (tertiary/aromatic N) is 3. The molecular weight excluding hydrogens is 387 g/mol. The number of pyridine rings is 1. The summed E-state index contributed by atoms with van der Waals surface area (Å²) in [7, 11) is 0. The molecule has 1 fully saturated rings. The van der Waals surface area contributed by atoms with Gasteiger partial charge < -0.3 is 4.98 Å². The minimum absolute atomic E-state index is 0.254. The Morgan fingerprint density at radius 2 is 1.84 bits per heavy atom. The first-order chi connectivity index (χ1) is 15.2. The summed E-state index contributed by atoms with van der Waals surface area (Å²) in [4.78, 5) is 15.2. The smallest absolute Gasteiger partial charge is 0.123 e. The number of hydrogen-bond donors (Lipinski definition) is 1. The fourth-order valence-electron chi connectivity index (χ4n) is 4.33. The van der Waals surface area contributed by atoms with Crippen LogP contribution in [0.4, 0.5) is 4.39 Å². The van der Waals surface area contributed by atoms with Crippen molar-refractivity contribution in [1.29, 1.82) is 0 Å². The standard InChI is InChI=1S/C26H25FN4/c27-23-10-4-8-20(14-23)24-12-11-21(15-28-24)25-16-29-26(30-25)22-9-5-13-31(18-22)17-19-6-2-1-3-7-19/h1-4,6-8,10-12,14-16,22H,5,9,13,17-18H2,(H,29,30)/t22-/m0/s1. The first-order valence-corrected chi connectivity index (χ1v) is 10.8. The Labute approximate surface area is 181 Å². The summed E-state index contributed by atoms with van der Waals surface area (Å²) >= 11 is 0. The van der Waals surface area contributed by atoms with Gasteiger partial charge in [0, 0.05) is 36.3 Å². The third-order valence-electron chi connectivity index (χ3n) is 5.93. The SMILES string of the molecule is Fc1cccc(-c2ccc(-c3cnc([C@H]4CCCN(Cc5ccccc5)C4)[nH]3)cn2)c1. The van der Waals surface area contributed by atoms with Gasteiger partial charge >= 0.3 is 0 Å². The number of nitrogens with one attached hydrogen (secondary N) is 1. The number of aromatic nitrogens is 3. The van der Waals surface area contributed by atoms with Gasteiger partial charge in [0.15, 0.2) is 0 Å². The fourth-order valence-corrected chi connectivity index (χ4v) is 4.33. The number of piperidine rings is 1. The number of hydrogen-bond acceptors (Lipinski definition) is 3. The van der Waals surface area contributed by atoms with Crippen LogP contribution in [-0.2, 0) is 6.54 Å². The minimum Gasteiger partial charge on any atom is -0.342 e. The Morgan fingerprint density at radius 1 is 0.935 bits per heavy atom. The van der Waals surface area contributed by atoms with Crippen molar-refractivity contribution in [3.8, 4) is 22.5 Å². The zero-order valence-electron chi connectivity index (χ0n) is 17.3. The lowest BCUT2D eigenvalue weighted by molar-refractivity contribution is 0.197. The zero-order chi connectivity index (χ0) is 21.0. The van der Waals surface area contributed by atoms with E-state index in [9.17, 15) is 4.39 Å². The van der Waals surface area contributed by atoms with Crippen molar-refractivity contribution >= 4 is 0 Å². The molecule has 0 spiro atoms. The lowest BCUT2D eigenvalue weighted by Gasteiger charge is -2.31. The maximum atomic E-state index is 13.5. The fraction of sp³-hybridized carbons (Fsp3) is 0.231.